The molecule has 2 N–H and O–H groups in total. The van der Waals surface area contributed by atoms with Crippen LogP contribution in [0, 0.1) is 11.7 Å². The molecule has 0 radical (unpaired) electrons. The predicted octanol–water partition coefficient (Wildman–Crippen LogP) is 1.44. The number of hydrogen-bond acceptors (Lipinski definition) is 3. The average Bonchev–Trinajstić information content (AvgIpc) is 2.11. The number of hydrogen-bond donors (Lipinski definition) is 2. The summed E-state index contributed by atoms with van der Waals surface area (Å²) in [6, 6.07) is 3.96. The van der Waals surface area contributed by atoms with Crippen molar-refractivity contribution in [1.82, 2.24) is 4.90 Å². The summed E-state index contributed by atoms with van der Waals surface area (Å²) in [6.07, 6.45) is 0.185. The lowest BCUT2D eigenvalue weighted by atomic mass is 9.96. The van der Waals surface area contributed by atoms with Gasteiger partial charge in [0, 0.05) is 25.7 Å². The highest BCUT2D eigenvalue weighted by molar-refractivity contribution is 5.67. The molecular formula is C12H14FNO3. The lowest BCUT2D eigenvalue weighted by molar-refractivity contribution is -0.139. The minimum atomic E-state index is -0.780. The van der Waals surface area contributed by atoms with E-state index in [-0.39, 0.29) is 18.1 Å². The van der Waals surface area contributed by atoms with Crippen LogP contribution in [0.15, 0.2) is 18.2 Å². The predicted molar refractivity (Wildman–Crippen MR) is 59.1 cm³/mol. The molecule has 0 aromatic heterocycles. The van der Waals surface area contributed by atoms with Crippen molar-refractivity contribution >= 4 is 5.97 Å². The summed E-state index contributed by atoms with van der Waals surface area (Å²) in [6.45, 7) is 1.97. The fourth-order valence-electron chi connectivity index (χ4n) is 2.16. The molecule has 4 nitrogen and oxygen atoms in total. The maximum absolute atomic E-state index is 13.0. The van der Waals surface area contributed by atoms with Crippen LogP contribution in [0.5, 0.6) is 5.75 Å². The number of rotatable bonds is 4. The Morgan fingerprint density at radius 3 is 2.71 bits per heavy atom. The summed E-state index contributed by atoms with van der Waals surface area (Å²) >= 11 is 0. The third kappa shape index (κ3) is 3.17. The van der Waals surface area contributed by atoms with Gasteiger partial charge in [0.2, 0.25) is 0 Å². The number of phenols is 1. The van der Waals surface area contributed by atoms with Crippen molar-refractivity contribution in [3.05, 3.63) is 29.6 Å². The van der Waals surface area contributed by atoms with Crippen molar-refractivity contribution in [3.63, 3.8) is 0 Å². The Labute approximate surface area is 98.3 Å². The molecule has 0 spiro atoms. The molecule has 0 atom stereocenters. The zero-order valence-corrected chi connectivity index (χ0v) is 9.27. The Bertz CT molecular complexity index is 410. The highest BCUT2D eigenvalue weighted by atomic mass is 19.1. The molecule has 0 amide bonds. The van der Waals surface area contributed by atoms with Gasteiger partial charge in [-0.05, 0) is 23.6 Å². The van der Waals surface area contributed by atoms with E-state index in [4.69, 9.17) is 5.11 Å². The molecule has 17 heavy (non-hydrogen) atoms. The van der Waals surface area contributed by atoms with Crippen LogP contribution in [0.2, 0.25) is 0 Å². The summed E-state index contributed by atoms with van der Waals surface area (Å²) in [4.78, 5) is 12.5. The quantitative estimate of drug-likeness (QED) is 0.834. The smallest absolute Gasteiger partial charge is 0.303 e. The Balaban J connectivity index is 1.85. The number of likely N-dealkylation sites (tertiary alicyclic amines) is 1. The fraction of sp³-hybridized carbons (Fsp3) is 0.417. The van der Waals surface area contributed by atoms with E-state index in [2.05, 4.69) is 0 Å². The number of halogens is 1. The van der Waals surface area contributed by atoms with Crippen molar-refractivity contribution in [2.45, 2.75) is 13.0 Å². The van der Waals surface area contributed by atoms with E-state index in [0.29, 0.717) is 25.2 Å². The molecule has 1 aromatic carbocycles. The maximum Gasteiger partial charge on any atom is 0.303 e. The molecule has 92 valence electrons. The summed E-state index contributed by atoms with van der Waals surface area (Å²) in [5.41, 5.74) is 0.705. The van der Waals surface area contributed by atoms with Crippen molar-refractivity contribution < 1.29 is 19.4 Å². The number of nitrogens with zero attached hydrogens (tertiary/aromatic N) is 1. The Hall–Kier alpha value is -1.62. The highest BCUT2D eigenvalue weighted by Crippen LogP contribution is 2.23. The minimum absolute atomic E-state index is 0.0809. The van der Waals surface area contributed by atoms with Crippen LogP contribution < -0.4 is 0 Å². The van der Waals surface area contributed by atoms with E-state index < -0.39 is 11.8 Å². The summed E-state index contributed by atoms with van der Waals surface area (Å²) in [5, 5.41) is 17.8. The Morgan fingerprint density at radius 2 is 2.12 bits per heavy atom. The highest BCUT2D eigenvalue weighted by Gasteiger charge is 2.28. The lowest BCUT2D eigenvalue weighted by Gasteiger charge is -2.38. The first-order valence-corrected chi connectivity index (χ1v) is 5.45. The first-order valence-electron chi connectivity index (χ1n) is 5.45. The van der Waals surface area contributed by atoms with Crippen molar-refractivity contribution in [2.75, 3.05) is 13.1 Å². The van der Waals surface area contributed by atoms with E-state index in [0.717, 1.165) is 6.07 Å². The largest absolute Gasteiger partial charge is 0.508 e. The van der Waals surface area contributed by atoms with Crippen molar-refractivity contribution in [1.29, 1.82) is 0 Å². The van der Waals surface area contributed by atoms with E-state index in [1.54, 1.807) is 0 Å². The summed E-state index contributed by atoms with van der Waals surface area (Å²) in [7, 11) is 0. The Kier molecular flexibility index (Phi) is 3.28. The molecular weight excluding hydrogens is 225 g/mol. The Morgan fingerprint density at radius 1 is 1.41 bits per heavy atom. The molecule has 1 fully saturated rings. The van der Waals surface area contributed by atoms with E-state index in [1.165, 1.54) is 12.1 Å². The zero-order valence-electron chi connectivity index (χ0n) is 9.27. The second-order valence-electron chi connectivity index (χ2n) is 4.48. The molecule has 2 rings (SSSR count). The average molecular weight is 239 g/mol. The number of phenolic OH excluding ortho intramolecular Hbond substituents is 1. The molecule has 0 unspecified atom stereocenters. The second kappa shape index (κ2) is 4.71. The number of carbonyl (C=O) groups is 1. The van der Waals surface area contributed by atoms with Gasteiger partial charge in [-0.25, -0.2) is 4.39 Å². The minimum Gasteiger partial charge on any atom is -0.508 e. The van der Waals surface area contributed by atoms with Crippen LogP contribution in [-0.2, 0) is 11.3 Å². The van der Waals surface area contributed by atoms with Crippen molar-refractivity contribution in [2.24, 2.45) is 5.92 Å². The van der Waals surface area contributed by atoms with Gasteiger partial charge in [-0.2, -0.15) is 0 Å². The molecule has 0 bridgehead atoms. The van der Waals surface area contributed by atoms with E-state index >= 15 is 0 Å². The molecule has 0 saturated carbocycles. The fourth-order valence-corrected chi connectivity index (χ4v) is 2.16. The number of aliphatic carboxylic acids is 1. The van der Waals surface area contributed by atoms with Gasteiger partial charge in [-0.3, -0.25) is 9.69 Å². The molecule has 1 heterocycles. The zero-order chi connectivity index (χ0) is 12.4. The second-order valence-corrected chi connectivity index (χ2v) is 4.48. The molecule has 1 aromatic rings. The number of benzene rings is 1. The van der Waals surface area contributed by atoms with Crippen LogP contribution >= 0.6 is 0 Å². The van der Waals surface area contributed by atoms with Gasteiger partial charge in [0.15, 0.2) is 0 Å². The van der Waals surface area contributed by atoms with Crippen LogP contribution in [0.1, 0.15) is 12.0 Å². The van der Waals surface area contributed by atoms with Gasteiger partial charge in [-0.1, -0.05) is 0 Å². The van der Waals surface area contributed by atoms with E-state index in [9.17, 15) is 14.3 Å². The first kappa shape index (κ1) is 11.9. The van der Waals surface area contributed by atoms with Gasteiger partial charge in [0.1, 0.15) is 11.6 Å². The summed E-state index contributed by atoms with van der Waals surface area (Å²) < 4.78 is 13.0. The van der Waals surface area contributed by atoms with Gasteiger partial charge >= 0.3 is 5.97 Å². The first-order chi connectivity index (χ1) is 8.02. The van der Waals surface area contributed by atoms with Crippen LogP contribution in [0.25, 0.3) is 0 Å². The monoisotopic (exact) mass is 239 g/mol. The van der Waals surface area contributed by atoms with Gasteiger partial charge in [-0.15, -0.1) is 0 Å². The van der Waals surface area contributed by atoms with Crippen LogP contribution in [-0.4, -0.2) is 34.2 Å². The molecule has 1 saturated heterocycles. The normalized spacial score (nSPS) is 16.8. The van der Waals surface area contributed by atoms with Gasteiger partial charge in [0.25, 0.3) is 0 Å². The third-order valence-corrected chi connectivity index (χ3v) is 2.84. The van der Waals surface area contributed by atoms with Crippen molar-refractivity contribution in [3.8, 4) is 5.75 Å². The number of aromatic hydroxyl groups is 1. The molecule has 1 aliphatic heterocycles. The third-order valence-electron chi connectivity index (χ3n) is 2.84. The van der Waals surface area contributed by atoms with Gasteiger partial charge < -0.3 is 10.2 Å². The maximum atomic E-state index is 13.0. The standard InChI is InChI=1S/C12H14FNO3/c13-10-1-8(2-11(15)4-10)5-14-6-9(7-14)3-12(16)17/h1-2,4,9,15H,3,5-7H2,(H,16,17). The van der Waals surface area contributed by atoms with Gasteiger partial charge in [0.05, 0.1) is 6.42 Å². The molecule has 5 heteroatoms. The lowest BCUT2D eigenvalue weighted by Crippen LogP contribution is -2.46. The SMILES string of the molecule is O=C(O)CC1CN(Cc2cc(O)cc(F)c2)C1. The molecule has 0 aliphatic carbocycles. The number of carboxylic acids is 1. The number of carboxylic acid groups (broad SMARTS) is 1. The van der Waals surface area contributed by atoms with Crippen LogP contribution in [0.4, 0.5) is 4.39 Å². The molecule has 1 aliphatic rings. The topological polar surface area (TPSA) is 60.8 Å². The van der Waals surface area contributed by atoms with E-state index in [1.807, 2.05) is 4.90 Å². The van der Waals surface area contributed by atoms with Crippen LogP contribution in [0.3, 0.4) is 0 Å². The summed E-state index contributed by atoms with van der Waals surface area (Å²) in [5.74, 6) is -1.13.